The standard InChI is InChI=1S/C30H27ClFN5O2/c1-35(2)9-5-8-26(39)36-10-12-37(13-11-36)30-20(17-33)18-34-29-24(30)16-25(31)27(28(29)32)23-15-21(38)14-19-6-3-4-7-22(19)23/h3-8,14-16,18,38H,9-13H2,1-2H3/b8-5+. The number of halogens is 2. The summed E-state index contributed by atoms with van der Waals surface area (Å²) in [5, 5.41) is 22.3. The van der Waals surface area contributed by atoms with E-state index in [1.165, 1.54) is 12.3 Å². The van der Waals surface area contributed by atoms with Crippen LogP contribution in [0.4, 0.5) is 10.1 Å². The van der Waals surface area contributed by atoms with Crippen LogP contribution in [0, 0.1) is 17.1 Å². The molecule has 1 N–H and O–H groups in total. The molecule has 39 heavy (non-hydrogen) atoms. The molecule has 7 nitrogen and oxygen atoms in total. The Morgan fingerprint density at radius 1 is 1.18 bits per heavy atom. The molecule has 1 saturated heterocycles. The third kappa shape index (κ3) is 5.11. The van der Waals surface area contributed by atoms with E-state index in [0.717, 1.165) is 10.8 Å². The summed E-state index contributed by atoms with van der Waals surface area (Å²) in [4.78, 5) is 22.6. The molecule has 3 aromatic carbocycles. The lowest BCUT2D eigenvalue weighted by molar-refractivity contribution is -0.126. The quantitative estimate of drug-likeness (QED) is 0.349. The number of phenolic OH excluding ortho intramolecular Hbond substituents is 1. The van der Waals surface area contributed by atoms with E-state index in [4.69, 9.17) is 11.6 Å². The lowest BCUT2D eigenvalue weighted by Crippen LogP contribution is -2.48. The number of hydrogen-bond donors (Lipinski definition) is 1. The molecule has 0 radical (unpaired) electrons. The Morgan fingerprint density at radius 2 is 1.92 bits per heavy atom. The molecule has 0 bridgehead atoms. The van der Waals surface area contributed by atoms with Crippen molar-refractivity contribution < 1.29 is 14.3 Å². The van der Waals surface area contributed by atoms with Gasteiger partial charge in [0.15, 0.2) is 5.82 Å². The van der Waals surface area contributed by atoms with E-state index in [2.05, 4.69) is 11.1 Å². The van der Waals surface area contributed by atoms with Crippen molar-refractivity contribution in [1.82, 2.24) is 14.8 Å². The molecule has 1 amide bonds. The molecule has 5 rings (SSSR count). The number of pyridine rings is 1. The average Bonchev–Trinajstić information content (AvgIpc) is 2.92. The van der Waals surface area contributed by atoms with Gasteiger partial charge in [-0.1, -0.05) is 41.9 Å². The minimum atomic E-state index is -0.626. The fourth-order valence-electron chi connectivity index (χ4n) is 5.04. The van der Waals surface area contributed by atoms with Gasteiger partial charge in [0.05, 0.1) is 16.3 Å². The molecule has 1 aromatic heterocycles. The lowest BCUT2D eigenvalue weighted by Gasteiger charge is -2.36. The second-order valence-corrected chi connectivity index (χ2v) is 10.2. The Labute approximate surface area is 230 Å². The number of hydrogen-bond acceptors (Lipinski definition) is 6. The van der Waals surface area contributed by atoms with E-state index < -0.39 is 5.82 Å². The van der Waals surface area contributed by atoms with E-state index in [-0.39, 0.29) is 27.8 Å². The number of nitriles is 1. The van der Waals surface area contributed by atoms with E-state index in [0.29, 0.717) is 54.9 Å². The molecule has 9 heteroatoms. The van der Waals surface area contributed by atoms with Crippen molar-refractivity contribution in [3.05, 3.63) is 77.2 Å². The van der Waals surface area contributed by atoms with E-state index in [1.807, 2.05) is 54.2 Å². The maximum Gasteiger partial charge on any atom is 0.246 e. The Hall–Kier alpha value is -4.19. The van der Waals surface area contributed by atoms with Crippen molar-refractivity contribution in [3.63, 3.8) is 0 Å². The topological polar surface area (TPSA) is 83.7 Å². The fourth-order valence-corrected chi connectivity index (χ4v) is 5.34. The first-order valence-corrected chi connectivity index (χ1v) is 12.9. The molecule has 1 fully saturated rings. The van der Waals surface area contributed by atoms with Gasteiger partial charge < -0.3 is 19.8 Å². The highest BCUT2D eigenvalue weighted by molar-refractivity contribution is 6.35. The third-order valence-corrected chi connectivity index (χ3v) is 7.20. The second kappa shape index (κ2) is 10.9. The third-order valence-electron chi connectivity index (χ3n) is 6.90. The Kier molecular flexibility index (Phi) is 7.38. The normalized spacial score (nSPS) is 14.1. The van der Waals surface area contributed by atoms with Crippen molar-refractivity contribution in [3.8, 4) is 22.9 Å². The molecule has 0 spiro atoms. The number of rotatable bonds is 5. The van der Waals surface area contributed by atoms with Crippen molar-refractivity contribution >= 4 is 44.9 Å². The molecule has 0 aliphatic carbocycles. The number of aromatic nitrogens is 1. The predicted octanol–water partition coefficient (Wildman–Crippen LogP) is 5.19. The van der Waals surface area contributed by atoms with Crippen molar-refractivity contribution in [1.29, 1.82) is 5.26 Å². The van der Waals surface area contributed by atoms with Crippen LogP contribution >= 0.6 is 11.6 Å². The highest BCUT2D eigenvalue weighted by atomic mass is 35.5. The zero-order valence-corrected chi connectivity index (χ0v) is 22.4. The van der Waals surface area contributed by atoms with E-state index in [9.17, 15) is 15.2 Å². The van der Waals surface area contributed by atoms with Crippen LogP contribution in [0.1, 0.15) is 5.56 Å². The SMILES string of the molecule is CN(C)C/C=C/C(=O)N1CCN(c2c(C#N)cnc3c(F)c(-c4cc(O)cc5ccccc45)c(Cl)cc23)CC1. The number of piperazine rings is 1. The molecular formula is C30H27ClFN5O2. The summed E-state index contributed by atoms with van der Waals surface area (Å²) < 4.78 is 16.2. The first-order chi connectivity index (χ1) is 18.8. The predicted molar refractivity (Wildman–Crippen MR) is 153 cm³/mol. The number of benzene rings is 3. The summed E-state index contributed by atoms with van der Waals surface area (Å²) in [6.07, 6.45) is 4.79. The van der Waals surface area contributed by atoms with Crippen LogP contribution in [0.15, 0.2) is 60.8 Å². The summed E-state index contributed by atoms with van der Waals surface area (Å²) in [5.41, 5.74) is 1.53. The number of amides is 1. The van der Waals surface area contributed by atoms with Gasteiger partial charge in [-0.25, -0.2) is 4.39 Å². The van der Waals surface area contributed by atoms with Gasteiger partial charge >= 0.3 is 0 Å². The maximum absolute atomic E-state index is 16.2. The van der Waals surface area contributed by atoms with Gasteiger partial charge in [-0.3, -0.25) is 9.78 Å². The van der Waals surface area contributed by atoms with Gasteiger partial charge in [0.1, 0.15) is 17.3 Å². The molecule has 1 aliphatic rings. The fraction of sp³-hybridized carbons (Fsp3) is 0.233. The number of anilines is 1. The Morgan fingerprint density at radius 3 is 2.64 bits per heavy atom. The van der Waals surface area contributed by atoms with E-state index in [1.54, 1.807) is 23.1 Å². The molecule has 0 saturated carbocycles. The highest BCUT2D eigenvalue weighted by Crippen LogP contribution is 2.43. The summed E-state index contributed by atoms with van der Waals surface area (Å²) in [7, 11) is 3.87. The lowest BCUT2D eigenvalue weighted by atomic mass is 9.95. The molecule has 0 atom stereocenters. The molecular weight excluding hydrogens is 517 g/mol. The largest absolute Gasteiger partial charge is 0.508 e. The number of nitrogens with zero attached hydrogens (tertiary/aromatic N) is 5. The molecule has 198 valence electrons. The second-order valence-electron chi connectivity index (χ2n) is 9.77. The van der Waals surface area contributed by atoms with Crippen LogP contribution in [0.3, 0.4) is 0 Å². The Balaban J connectivity index is 1.54. The number of likely N-dealkylation sites (N-methyl/N-ethyl adjacent to an activating group) is 1. The first-order valence-electron chi connectivity index (χ1n) is 12.6. The van der Waals surface area contributed by atoms with Crippen LogP contribution in [0.25, 0.3) is 32.8 Å². The van der Waals surface area contributed by atoms with Crippen molar-refractivity contribution in [2.75, 3.05) is 51.7 Å². The minimum absolute atomic E-state index is 0.00304. The van der Waals surface area contributed by atoms with Crippen molar-refractivity contribution in [2.24, 2.45) is 0 Å². The van der Waals surface area contributed by atoms with Crippen LogP contribution in [-0.4, -0.2) is 72.6 Å². The highest BCUT2D eigenvalue weighted by Gasteiger charge is 2.26. The maximum atomic E-state index is 16.2. The number of phenols is 1. The first kappa shape index (κ1) is 26.4. The van der Waals surface area contributed by atoms with Gasteiger partial charge in [0.2, 0.25) is 5.91 Å². The minimum Gasteiger partial charge on any atom is -0.508 e. The summed E-state index contributed by atoms with van der Waals surface area (Å²) in [5.74, 6) is -0.691. The van der Waals surface area contributed by atoms with Gasteiger partial charge in [-0.2, -0.15) is 5.26 Å². The monoisotopic (exact) mass is 543 g/mol. The molecule has 4 aromatic rings. The van der Waals surface area contributed by atoms with Crippen LogP contribution in [0.5, 0.6) is 5.75 Å². The number of carbonyl (C=O) groups is 1. The van der Waals surface area contributed by atoms with E-state index >= 15 is 4.39 Å². The van der Waals surface area contributed by atoms with Gasteiger partial charge in [-0.15, -0.1) is 0 Å². The van der Waals surface area contributed by atoms with Gasteiger partial charge in [0.25, 0.3) is 0 Å². The van der Waals surface area contributed by atoms with Crippen LogP contribution in [-0.2, 0) is 4.79 Å². The smallest absolute Gasteiger partial charge is 0.246 e. The summed E-state index contributed by atoms with van der Waals surface area (Å²) >= 11 is 6.72. The molecule has 1 aliphatic heterocycles. The molecule has 0 unspecified atom stereocenters. The van der Waals surface area contributed by atoms with Gasteiger partial charge in [0, 0.05) is 55.9 Å². The van der Waals surface area contributed by atoms with Gasteiger partial charge in [-0.05, 0) is 48.6 Å². The zero-order valence-electron chi connectivity index (χ0n) is 21.7. The summed E-state index contributed by atoms with van der Waals surface area (Å²) in [6, 6.07) is 14.3. The van der Waals surface area contributed by atoms with Crippen molar-refractivity contribution in [2.45, 2.75) is 0 Å². The van der Waals surface area contributed by atoms with Crippen LogP contribution < -0.4 is 4.90 Å². The number of fused-ring (bicyclic) bond motifs is 2. The molecule has 2 heterocycles. The average molecular weight is 544 g/mol. The zero-order chi connectivity index (χ0) is 27.7. The van der Waals surface area contributed by atoms with Crippen LogP contribution in [0.2, 0.25) is 5.02 Å². The number of carbonyl (C=O) groups excluding carboxylic acids is 1. The summed E-state index contributed by atoms with van der Waals surface area (Å²) in [6.45, 7) is 2.54. The Bertz CT molecular complexity index is 1660. The number of aromatic hydroxyl groups is 1.